The zero-order valence-corrected chi connectivity index (χ0v) is 18.4. The molecule has 6 nitrogen and oxygen atoms in total. The predicted molar refractivity (Wildman–Crippen MR) is 120 cm³/mol. The highest BCUT2D eigenvalue weighted by Gasteiger charge is 2.24. The Kier molecular flexibility index (Phi) is 6.40. The Morgan fingerprint density at radius 2 is 1.88 bits per heavy atom. The number of rotatable bonds is 5. The second-order valence-corrected chi connectivity index (χ2v) is 8.33. The van der Waals surface area contributed by atoms with Crippen molar-refractivity contribution in [1.82, 2.24) is 14.5 Å². The van der Waals surface area contributed by atoms with Crippen molar-refractivity contribution in [3.63, 3.8) is 0 Å². The zero-order chi connectivity index (χ0) is 23.7. The van der Waals surface area contributed by atoms with Crippen molar-refractivity contribution in [2.75, 3.05) is 18.4 Å². The summed E-state index contributed by atoms with van der Waals surface area (Å²) in [5.74, 6) is -0.910. The van der Waals surface area contributed by atoms with Crippen molar-refractivity contribution in [2.24, 2.45) is 0 Å². The lowest BCUT2D eigenvalue weighted by molar-refractivity contribution is -0.130. The summed E-state index contributed by atoms with van der Waals surface area (Å²) in [4.78, 5) is 30.4. The number of amides is 1. The lowest BCUT2D eigenvalue weighted by Crippen LogP contribution is -2.39. The number of likely N-dealkylation sites (tertiary alicyclic amines) is 1. The lowest BCUT2D eigenvalue weighted by atomic mass is 10.0. The SMILES string of the molecule is CC(=O)N1CCC(n2cc3c(N[C@H](C)c4cccc(C(F)F)c4F)ccnc3cc2=O)CC1. The van der Waals surface area contributed by atoms with E-state index in [1.54, 1.807) is 34.9 Å². The van der Waals surface area contributed by atoms with Gasteiger partial charge in [-0.25, -0.2) is 13.2 Å². The minimum atomic E-state index is -2.90. The molecular weight excluding hydrogens is 433 g/mol. The number of pyridine rings is 2. The number of aromatic nitrogens is 2. The van der Waals surface area contributed by atoms with Gasteiger partial charge in [-0.15, -0.1) is 0 Å². The first kappa shape index (κ1) is 22.8. The van der Waals surface area contributed by atoms with Gasteiger partial charge in [-0.1, -0.05) is 18.2 Å². The van der Waals surface area contributed by atoms with E-state index in [0.717, 1.165) is 6.07 Å². The van der Waals surface area contributed by atoms with E-state index in [1.807, 2.05) is 0 Å². The van der Waals surface area contributed by atoms with Gasteiger partial charge in [-0.2, -0.15) is 0 Å². The van der Waals surface area contributed by atoms with Crippen molar-refractivity contribution in [3.05, 3.63) is 70.0 Å². The molecule has 174 valence electrons. The molecule has 0 saturated carbocycles. The molecule has 4 rings (SSSR count). The molecule has 1 atom stereocenters. The fourth-order valence-electron chi connectivity index (χ4n) is 4.39. The van der Waals surface area contributed by atoms with Crippen LogP contribution in [0.4, 0.5) is 18.9 Å². The summed E-state index contributed by atoms with van der Waals surface area (Å²) < 4.78 is 42.5. The first-order chi connectivity index (χ1) is 15.8. The summed E-state index contributed by atoms with van der Waals surface area (Å²) in [6, 6.07) is 6.47. The van der Waals surface area contributed by atoms with Crippen LogP contribution in [0.5, 0.6) is 0 Å². The molecule has 33 heavy (non-hydrogen) atoms. The normalized spacial score (nSPS) is 15.8. The average Bonchev–Trinajstić information content (AvgIpc) is 2.78. The minimum Gasteiger partial charge on any atom is -0.378 e. The number of fused-ring (bicyclic) bond motifs is 1. The van der Waals surface area contributed by atoms with E-state index in [0.29, 0.717) is 42.5 Å². The Balaban J connectivity index is 1.65. The molecule has 9 heteroatoms. The van der Waals surface area contributed by atoms with Crippen LogP contribution in [0.15, 0.2) is 47.5 Å². The van der Waals surface area contributed by atoms with Crippen molar-refractivity contribution in [1.29, 1.82) is 0 Å². The summed E-state index contributed by atoms with van der Waals surface area (Å²) in [5, 5.41) is 3.86. The van der Waals surface area contributed by atoms with Gasteiger partial charge in [0.15, 0.2) is 0 Å². The number of alkyl halides is 2. The van der Waals surface area contributed by atoms with Crippen LogP contribution in [0.2, 0.25) is 0 Å². The van der Waals surface area contributed by atoms with Crippen LogP contribution in [0.3, 0.4) is 0 Å². The Hall–Kier alpha value is -3.36. The highest BCUT2D eigenvalue weighted by Crippen LogP contribution is 2.31. The van der Waals surface area contributed by atoms with E-state index >= 15 is 0 Å². The van der Waals surface area contributed by atoms with E-state index in [-0.39, 0.29) is 23.1 Å². The topological polar surface area (TPSA) is 67.2 Å². The molecule has 0 spiro atoms. The van der Waals surface area contributed by atoms with Gasteiger partial charge < -0.3 is 14.8 Å². The molecule has 0 radical (unpaired) electrons. The number of hydrogen-bond donors (Lipinski definition) is 1. The molecule has 3 aromatic rings. The molecule has 2 aromatic heterocycles. The third-order valence-electron chi connectivity index (χ3n) is 6.24. The molecule has 0 aliphatic carbocycles. The van der Waals surface area contributed by atoms with E-state index in [9.17, 15) is 22.8 Å². The summed E-state index contributed by atoms with van der Waals surface area (Å²) >= 11 is 0. The second kappa shape index (κ2) is 9.25. The standard InChI is InChI=1S/C24H25F3N4O2/c1-14(17-4-3-5-18(23(17)25)24(26)27)29-20-6-9-28-21-12-22(33)31(13-19(20)21)16-7-10-30(11-8-16)15(2)32/h3-6,9,12-14,16,24,29H,7-8,10-11H2,1-2H3/t14-/m1/s1. The molecule has 1 fully saturated rings. The Bertz CT molecular complexity index is 1240. The molecule has 1 saturated heterocycles. The van der Waals surface area contributed by atoms with Crippen LogP contribution in [0.1, 0.15) is 56.3 Å². The lowest BCUT2D eigenvalue weighted by Gasteiger charge is -2.32. The van der Waals surface area contributed by atoms with Gasteiger partial charge in [0.2, 0.25) is 5.91 Å². The highest BCUT2D eigenvalue weighted by molar-refractivity contribution is 5.90. The molecule has 0 unspecified atom stereocenters. The number of carbonyl (C=O) groups excluding carboxylic acids is 1. The van der Waals surface area contributed by atoms with Gasteiger partial charge in [0.1, 0.15) is 5.82 Å². The zero-order valence-electron chi connectivity index (χ0n) is 18.4. The van der Waals surface area contributed by atoms with Crippen molar-refractivity contribution < 1.29 is 18.0 Å². The monoisotopic (exact) mass is 458 g/mol. The average molecular weight is 458 g/mol. The maximum Gasteiger partial charge on any atom is 0.266 e. The maximum absolute atomic E-state index is 14.6. The van der Waals surface area contributed by atoms with Crippen LogP contribution in [-0.2, 0) is 4.79 Å². The number of halogens is 3. The smallest absolute Gasteiger partial charge is 0.266 e. The Labute approximate surface area is 189 Å². The van der Waals surface area contributed by atoms with Crippen LogP contribution in [-0.4, -0.2) is 33.4 Å². The fraction of sp³-hybridized carbons (Fsp3) is 0.375. The number of nitrogens with one attached hydrogen (secondary N) is 1. The molecule has 1 amide bonds. The van der Waals surface area contributed by atoms with Crippen molar-refractivity contribution in [2.45, 2.75) is 45.2 Å². The number of benzene rings is 1. The molecule has 1 aliphatic rings. The van der Waals surface area contributed by atoms with Crippen LogP contribution in [0.25, 0.3) is 10.9 Å². The highest BCUT2D eigenvalue weighted by atomic mass is 19.3. The number of piperidine rings is 1. The third kappa shape index (κ3) is 4.58. The Morgan fingerprint density at radius 3 is 2.55 bits per heavy atom. The Morgan fingerprint density at radius 1 is 1.18 bits per heavy atom. The molecule has 1 N–H and O–H groups in total. The number of nitrogens with zero attached hydrogens (tertiary/aromatic N) is 3. The second-order valence-electron chi connectivity index (χ2n) is 8.33. The molecule has 1 aliphatic heterocycles. The van der Waals surface area contributed by atoms with E-state index in [4.69, 9.17) is 0 Å². The van der Waals surface area contributed by atoms with Gasteiger partial charge in [0.25, 0.3) is 12.0 Å². The maximum atomic E-state index is 14.6. The fourth-order valence-corrected chi connectivity index (χ4v) is 4.39. The van der Waals surface area contributed by atoms with Gasteiger partial charge in [-0.3, -0.25) is 14.6 Å². The van der Waals surface area contributed by atoms with Crippen LogP contribution >= 0.6 is 0 Å². The molecule has 0 bridgehead atoms. The van der Waals surface area contributed by atoms with E-state index in [1.165, 1.54) is 25.1 Å². The number of carbonyl (C=O) groups is 1. The van der Waals surface area contributed by atoms with E-state index < -0.39 is 23.8 Å². The first-order valence-electron chi connectivity index (χ1n) is 10.9. The summed E-state index contributed by atoms with van der Waals surface area (Å²) in [6.07, 6.45) is 1.70. The predicted octanol–water partition coefficient (Wildman–Crippen LogP) is 4.83. The number of hydrogen-bond acceptors (Lipinski definition) is 4. The van der Waals surface area contributed by atoms with Crippen molar-refractivity contribution in [3.8, 4) is 0 Å². The first-order valence-corrected chi connectivity index (χ1v) is 10.9. The summed E-state index contributed by atoms with van der Waals surface area (Å²) in [5.41, 5.74) is 0.409. The molecule has 3 heterocycles. The quantitative estimate of drug-likeness (QED) is 0.595. The van der Waals surface area contributed by atoms with Crippen LogP contribution < -0.4 is 10.9 Å². The largest absolute Gasteiger partial charge is 0.378 e. The van der Waals surface area contributed by atoms with Crippen LogP contribution in [0, 0.1) is 5.82 Å². The minimum absolute atomic E-state index is 0.0205. The van der Waals surface area contributed by atoms with Crippen molar-refractivity contribution >= 4 is 22.5 Å². The molecular formula is C24H25F3N4O2. The van der Waals surface area contributed by atoms with Gasteiger partial charge in [0, 0.05) is 61.2 Å². The third-order valence-corrected chi connectivity index (χ3v) is 6.24. The van der Waals surface area contributed by atoms with Gasteiger partial charge >= 0.3 is 0 Å². The molecule has 1 aromatic carbocycles. The van der Waals surface area contributed by atoms with Gasteiger partial charge in [0.05, 0.1) is 17.1 Å². The number of anilines is 1. The summed E-state index contributed by atoms with van der Waals surface area (Å²) in [7, 11) is 0. The summed E-state index contributed by atoms with van der Waals surface area (Å²) in [6.45, 7) is 4.39. The van der Waals surface area contributed by atoms with E-state index in [2.05, 4.69) is 10.3 Å². The van der Waals surface area contributed by atoms with Gasteiger partial charge in [-0.05, 0) is 25.8 Å².